The molecule has 11 heavy (non-hydrogen) atoms. The van der Waals surface area contributed by atoms with E-state index in [0.717, 1.165) is 12.8 Å². The van der Waals surface area contributed by atoms with Crippen molar-refractivity contribution in [3.63, 3.8) is 0 Å². The van der Waals surface area contributed by atoms with Crippen molar-refractivity contribution in [2.75, 3.05) is 19.9 Å². The molecule has 0 heterocycles. The third kappa shape index (κ3) is 6.70. The van der Waals surface area contributed by atoms with E-state index in [9.17, 15) is 4.89 Å². The summed E-state index contributed by atoms with van der Waals surface area (Å²) in [5.41, 5.74) is 0. The maximum absolute atomic E-state index is 9.47. The Hall–Kier alpha value is 0.310. The summed E-state index contributed by atoms with van der Waals surface area (Å²) in [6.45, 7) is 6.83. The molecule has 0 spiro atoms. The first-order valence-electron chi connectivity index (χ1n) is 4.12. The standard InChI is InChI=1S/C7H19O3P/c1-4-6-9-11(3,8)10-7-5-2/h8,11H,4-7H2,1-3H3. The molecule has 0 amide bonds. The zero-order valence-corrected chi connectivity index (χ0v) is 8.59. The molecule has 0 aromatic heterocycles. The molecule has 1 N–H and O–H groups in total. The summed E-state index contributed by atoms with van der Waals surface area (Å²) in [6, 6.07) is 0. The van der Waals surface area contributed by atoms with Crippen LogP contribution in [0.1, 0.15) is 26.7 Å². The molecule has 0 fully saturated rings. The molecule has 4 heteroatoms. The van der Waals surface area contributed by atoms with Crippen molar-refractivity contribution in [2.24, 2.45) is 0 Å². The average molecular weight is 182 g/mol. The molecule has 3 nitrogen and oxygen atoms in total. The normalized spacial score (nSPS) is 13.5. The van der Waals surface area contributed by atoms with Crippen LogP contribution in [-0.2, 0) is 9.05 Å². The molecule has 70 valence electrons. The van der Waals surface area contributed by atoms with Crippen molar-refractivity contribution in [3.05, 3.63) is 0 Å². The molecule has 0 aromatic carbocycles. The summed E-state index contributed by atoms with van der Waals surface area (Å²) in [5.74, 6) is 0. The first-order valence-corrected chi connectivity index (χ1v) is 6.39. The number of hydrogen-bond donors (Lipinski definition) is 1. The van der Waals surface area contributed by atoms with Crippen molar-refractivity contribution in [1.82, 2.24) is 0 Å². The Labute approximate surface area is 69.3 Å². The fraction of sp³-hybridized carbons (Fsp3) is 1.00. The van der Waals surface area contributed by atoms with Crippen molar-refractivity contribution in [1.29, 1.82) is 0 Å². The van der Waals surface area contributed by atoms with Crippen LogP contribution in [0.25, 0.3) is 0 Å². The Morgan fingerprint density at radius 1 is 1.09 bits per heavy atom. The minimum absolute atomic E-state index is 0.586. The Kier molecular flexibility index (Phi) is 6.06. The van der Waals surface area contributed by atoms with Gasteiger partial charge < -0.3 is 0 Å². The van der Waals surface area contributed by atoms with E-state index >= 15 is 0 Å². The first-order chi connectivity index (χ1) is 5.12. The molecule has 0 saturated heterocycles. The van der Waals surface area contributed by atoms with Crippen LogP contribution >= 0.6 is 7.94 Å². The number of hydrogen-bond acceptors (Lipinski definition) is 3. The Morgan fingerprint density at radius 3 is 1.73 bits per heavy atom. The second-order valence-electron chi connectivity index (χ2n) is 2.59. The van der Waals surface area contributed by atoms with E-state index in [1.54, 1.807) is 6.66 Å². The van der Waals surface area contributed by atoms with Gasteiger partial charge in [0.15, 0.2) is 0 Å². The van der Waals surface area contributed by atoms with E-state index in [0.29, 0.717) is 13.2 Å². The van der Waals surface area contributed by atoms with Crippen LogP contribution in [0.15, 0.2) is 0 Å². The van der Waals surface area contributed by atoms with E-state index in [1.165, 1.54) is 0 Å². The van der Waals surface area contributed by atoms with Crippen LogP contribution in [0, 0.1) is 0 Å². The van der Waals surface area contributed by atoms with Gasteiger partial charge in [-0.25, -0.2) is 0 Å². The van der Waals surface area contributed by atoms with Crippen molar-refractivity contribution < 1.29 is 13.9 Å². The number of rotatable bonds is 6. The minimum atomic E-state index is -2.75. The molecular formula is C7H19O3P. The molecule has 0 aliphatic carbocycles. The van der Waals surface area contributed by atoms with Gasteiger partial charge >= 0.3 is 68.5 Å². The van der Waals surface area contributed by atoms with Crippen LogP contribution in [0.3, 0.4) is 0 Å². The molecule has 0 aliphatic rings. The second-order valence-corrected chi connectivity index (χ2v) is 4.97. The van der Waals surface area contributed by atoms with Gasteiger partial charge in [-0.2, -0.15) is 0 Å². The molecule has 0 aromatic rings. The fourth-order valence-electron chi connectivity index (χ4n) is 0.625. The van der Waals surface area contributed by atoms with Gasteiger partial charge in [0.05, 0.1) is 0 Å². The van der Waals surface area contributed by atoms with Crippen LogP contribution in [0.2, 0.25) is 0 Å². The zero-order valence-electron chi connectivity index (χ0n) is 7.59. The quantitative estimate of drug-likeness (QED) is 0.638. The monoisotopic (exact) mass is 182 g/mol. The van der Waals surface area contributed by atoms with Gasteiger partial charge in [-0.3, -0.25) is 0 Å². The van der Waals surface area contributed by atoms with E-state index in [4.69, 9.17) is 9.05 Å². The molecule has 0 bridgehead atoms. The SMILES string of the molecule is CCCO[PH](C)(O)OCCC. The van der Waals surface area contributed by atoms with E-state index in [-0.39, 0.29) is 0 Å². The summed E-state index contributed by atoms with van der Waals surface area (Å²) >= 11 is 0. The van der Waals surface area contributed by atoms with Gasteiger partial charge in [0.1, 0.15) is 0 Å². The average Bonchev–Trinajstić information content (AvgIpc) is 1.97. The Morgan fingerprint density at radius 2 is 1.45 bits per heavy atom. The van der Waals surface area contributed by atoms with Crippen molar-refractivity contribution >= 4 is 7.94 Å². The summed E-state index contributed by atoms with van der Waals surface area (Å²) in [4.78, 5) is 9.47. The van der Waals surface area contributed by atoms with Gasteiger partial charge in [0.25, 0.3) is 0 Å². The zero-order chi connectivity index (χ0) is 8.74. The van der Waals surface area contributed by atoms with Gasteiger partial charge in [0.2, 0.25) is 0 Å². The second kappa shape index (κ2) is 5.90. The Balaban J connectivity index is 3.43. The van der Waals surface area contributed by atoms with Gasteiger partial charge in [-0.15, -0.1) is 0 Å². The van der Waals surface area contributed by atoms with E-state index in [2.05, 4.69) is 0 Å². The predicted octanol–water partition coefficient (Wildman–Crippen LogP) is 1.96. The van der Waals surface area contributed by atoms with Crippen LogP contribution in [0.5, 0.6) is 0 Å². The molecular weight excluding hydrogens is 163 g/mol. The molecule has 0 radical (unpaired) electrons. The predicted molar refractivity (Wildman–Crippen MR) is 48.9 cm³/mol. The summed E-state index contributed by atoms with van der Waals surface area (Å²) in [5, 5.41) is 0. The van der Waals surface area contributed by atoms with Gasteiger partial charge in [-0.1, -0.05) is 0 Å². The van der Waals surface area contributed by atoms with Crippen LogP contribution < -0.4 is 0 Å². The summed E-state index contributed by atoms with van der Waals surface area (Å²) < 4.78 is 10.3. The summed E-state index contributed by atoms with van der Waals surface area (Å²) in [6.07, 6.45) is 1.83. The molecule has 0 unspecified atom stereocenters. The van der Waals surface area contributed by atoms with Crippen molar-refractivity contribution in [2.45, 2.75) is 26.7 Å². The van der Waals surface area contributed by atoms with E-state index < -0.39 is 7.94 Å². The molecule has 0 aliphatic heterocycles. The van der Waals surface area contributed by atoms with Gasteiger partial charge in [-0.05, 0) is 0 Å². The molecule has 0 atom stereocenters. The van der Waals surface area contributed by atoms with Crippen LogP contribution in [0.4, 0.5) is 0 Å². The molecule has 0 rings (SSSR count). The molecule has 0 saturated carbocycles. The first kappa shape index (κ1) is 11.3. The Bertz CT molecular complexity index is 85.7. The fourth-order valence-corrected chi connectivity index (χ4v) is 1.87. The topological polar surface area (TPSA) is 38.7 Å². The maximum atomic E-state index is 9.47. The van der Waals surface area contributed by atoms with Crippen molar-refractivity contribution in [3.8, 4) is 0 Å². The van der Waals surface area contributed by atoms with E-state index in [1.807, 2.05) is 13.8 Å². The third-order valence-electron chi connectivity index (χ3n) is 1.15. The summed E-state index contributed by atoms with van der Waals surface area (Å²) in [7, 11) is -2.75. The third-order valence-corrected chi connectivity index (χ3v) is 2.63. The van der Waals surface area contributed by atoms with Gasteiger partial charge in [0, 0.05) is 0 Å². The van der Waals surface area contributed by atoms with Crippen LogP contribution in [-0.4, -0.2) is 24.8 Å².